The van der Waals surface area contributed by atoms with E-state index in [4.69, 9.17) is 11.6 Å². The fraction of sp³-hybridized carbons (Fsp3) is 0.158. The summed E-state index contributed by atoms with van der Waals surface area (Å²) >= 11 is 6.16. The van der Waals surface area contributed by atoms with Crippen LogP contribution in [-0.4, -0.2) is 23.1 Å². The summed E-state index contributed by atoms with van der Waals surface area (Å²) in [5, 5.41) is 20.9. The van der Waals surface area contributed by atoms with Crippen LogP contribution < -0.4 is 4.74 Å². The Labute approximate surface area is 157 Å². The molecule has 4 nitrogen and oxygen atoms in total. The SMILES string of the molecule is N#CC(CO)(c1ccc(OC(F)(F)F)cc1)c1ccc2cccc(Cl)c2n1. The molecule has 27 heavy (non-hydrogen) atoms. The third kappa shape index (κ3) is 3.68. The average molecular weight is 393 g/mol. The minimum absolute atomic E-state index is 0.234. The van der Waals surface area contributed by atoms with Gasteiger partial charge in [-0.2, -0.15) is 5.26 Å². The molecule has 0 radical (unpaired) electrons. The number of benzene rings is 2. The van der Waals surface area contributed by atoms with Crippen molar-refractivity contribution in [3.05, 3.63) is 70.9 Å². The van der Waals surface area contributed by atoms with Crippen molar-refractivity contribution in [1.82, 2.24) is 4.98 Å². The number of ether oxygens (including phenoxy) is 1. The lowest BCUT2D eigenvalue weighted by atomic mass is 9.79. The monoisotopic (exact) mass is 392 g/mol. The number of hydrogen-bond acceptors (Lipinski definition) is 4. The van der Waals surface area contributed by atoms with E-state index in [1.807, 2.05) is 6.07 Å². The van der Waals surface area contributed by atoms with Gasteiger partial charge in [-0.25, -0.2) is 4.98 Å². The molecular weight excluding hydrogens is 381 g/mol. The Kier molecular flexibility index (Phi) is 4.96. The number of alkyl halides is 3. The van der Waals surface area contributed by atoms with Crippen molar-refractivity contribution in [2.45, 2.75) is 11.8 Å². The van der Waals surface area contributed by atoms with Gasteiger partial charge in [0.1, 0.15) is 11.2 Å². The van der Waals surface area contributed by atoms with Gasteiger partial charge in [0.15, 0.2) is 0 Å². The number of aliphatic hydroxyl groups is 1. The van der Waals surface area contributed by atoms with Crippen LogP contribution in [0.3, 0.4) is 0 Å². The highest BCUT2D eigenvalue weighted by Crippen LogP contribution is 2.34. The van der Waals surface area contributed by atoms with Crippen molar-refractivity contribution in [3.63, 3.8) is 0 Å². The van der Waals surface area contributed by atoms with E-state index in [1.165, 1.54) is 12.1 Å². The minimum Gasteiger partial charge on any atom is -0.406 e. The van der Waals surface area contributed by atoms with Crippen molar-refractivity contribution >= 4 is 22.5 Å². The zero-order chi connectivity index (χ0) is 19.7. The molecule has 0 aliphatic heterocycles. The average Bonchev–Trinajstić information content (AvgIpc) is 2.64. The third-order valence-corrected chi connectivity index (χ3v) is 4.42. The van der Waals surface area contributed by atoms with Gasteiger partial charge in [-0.1, -0.05) is 41.9 Å². The molecule has 0 fully saturated rings. The predicted molar refractivity (Wildman–Crippen MR) is 93.4 cm³/mol. The number of rotatable bonds is 4. The molecule has 8 heteroatoms. The number of nitrogens with zero attached hydrogens (tertiary/aromatic N) is 2. The summed E-state index contributed by atoms with van der Waals surface area (Å²) in [7, 11) is 0. The van der Waals surface area contributed by atoms with Crippen LogP contribution in [-0.2, 0) is 5.41 Å². The van der Waals surface area contributed by atoms with Crippen LogP contribution in [0.5, 0.6) is 5.75 Å². The van der Waals surface area contributed by atoms with E-state index in [9.17, 15) is 23.5 Å². The molecule has 0 aliphatic carbocycles. The fourth-order valence-electron chi connectivity index (χ4n) is 2.77. The van der Waals surface area contributed by atoms with Crippen LogP contribution in [0.2, 0.25) is 5.02 Å². The lowest BCUT2D eigenvalue weighted by Crippen LogP contribution is -2.31. The molecule has 138 valence electrons. The first-order valence-electron chi connectivity index (χ1n) is 7.73. The normalized spacial score (nSPS) is 13.8. The Morgan fingerprint density at radius 3 is 2.37 bits per heavy atom. The smallest absolute Gasteiger partial charge is 0.406 e. The van der Waals surface area contributed by atoms with Crippen molar-refractivity contribution in [3.8, 4) is 11.8 Å². The molecule has 0 amide bonds. The maximum atomic E-state index is 12.3. The Balaban J connectivity index is 2.09. The maximum Gasteiger partial charge on any atom is 0.573 e. The summed E-state index contributed by atoms with van der Waals surface area (Å²) in [5.41, 5.74) is -0.593. The number of hydrogen-bond donors (Lipinski definition) is 1. The molecule has 2 aromatic carbocycles. The second-order valence-corrected chi connectivity index (χ2v) is 6.16. The van der Waals surface area contributed by atoms with E-state index in [0.29, 0.717) is 10.5 Å². The largest absolute Gasteiger partial charge is 0.573 e. The van der Waals surface area contributed by atoms with E-state index >= 15 is 0 Å². The number of aromatic nitrogens is 1. The first-order valence-corrected chi connectivity index (χ1v) is 8.11. The predicted octanol–water partition coefficient (Wildman–Crippen LogP) is 4.59. The second-order valence-electron chi connectivity index (χ2n) is 5.76. The highest BCUT2D eigenvalue weighted by molar-refractivity contribution is 6.35. The van der Waals surface area contributed by atoms with Crippen molar-refractivity contribution < 1.29 is 23.0 Å². The van der Waals surface area contributed by atoms with Crippen LogP contribution in [0.15, 0.2) is 54.6 Å². The zero-order valence-electron chi connectivity index (χ0n) is 13.7. The number of fused-ring (bicyclic) bond motifs is 1. The molecule has 0 aliphatic rings. The summed E-state index contributed by atoms with van der Waals surface area (Å²) in [6.07, 6.45) is -4.82. The van der Waals surface area contributed by atoms with E-state index in [1.54, 1.807) is 30.3 Å². The number of nitriles is 1. The Bertz CT molecular complexity index is 1020. The van der Waals surface area contributed by atoms with Crippen molar-refractivity contribution in [2.75, 3.05) is 6.61 Å². The molecule has 0 bridgehead atoms. The van der Waals surface area contributed by atoms with Gasteiger partial charge in [-0.3, -0.25) is 0 Å². The van der Waals surface area contributed by atoms with Crippen molar-refractivity contribution in [2.24, 2.45) is 0 Å². The maximum absolute atomic E-state index is 12.3. The van der Waals surface area contributed by atoms with Gasteiger partial charge in [-0.15, -0.1) is 13.2 Å². The van der Waals surface area contributed by atoms with Gasteiger partial charge < -0.3 is 9.84 Å². The van der Waals surface area contributed by atoms with E-state index in [-0.39, 0.29) is 11.3 Å². The lowest BCUT2D eigenvalue weighted by molar-refractivity contribution is -0.274. The van der Waals surface area contributed by atoms with Crippen molar-refractivity contribution in [1.29, 1.82) is 5.26 Å². The molecule has 0 saturated carbocycles. The number of para-hydroxylation sites is 1. The topological polar surface area (TPSA) is 66.1 Å². The molecular formula is C19H12ClF3N2O2. The van der Waals surface area contributed by atoms with Crippen LogP contribution in [0, 0.1) is 11.3 Å². The minimum atomic E-state index is -4.82. The first-order chi connectivity index (χ1) is 12.8. The van der Waals surface area contributed by atoms with E-state index in [2.05, 4.69) is 9.72 Å². The molecule has 3 rings (SSSR count). The van der Waals surface area contributed by atoms with Gasteiger partial charge in [0.2, 0.25) is 0 Å². The molecule has 1 heterocycles. The van der Waals surface area contributed by atoms with E-state index < -0.39 is 24.1 Å². The standard InChI is InChI=1S/C19H12ClF3N2O2/c20-15-3-1-2-12-4-9-16(25-17(12)15)18(10-24,11-26)13-5-7-14(8-6-13)27-19(21,22)23/h1-9,26H,11H2. The van der Waals surface area contributed by atoms with Crippen LogP contribution in [0.4, 0.5) is 13.2 Å². The third-order valence-electron chi connectivity index (χ3n) is 4.12. The highest BCUT2D eigenvalue weighted by Gasteiger charge is 2.36. The van der Waals surface area contributed by atoms with Crippen LogP contribution >= 0.6 is 11.6 Å². The van der Waals surface area contributed by atoms with Gasteiger partial charge >= 0.3 is 6.36 Å². The second kappa shape index (κ2) is 7.06. The van der Waals surface area contributed by atoms with Gasteiger partial charge in [0.25, 0.3) is 0 Å². The summed E-state index contributed by atoms with van der Waals surface area (Å²) < 4.78 is 40.8. The first kappa shape index (κ1) is 19.0. The summed E-state index contributed by atoms with van der Waals surface area (Å²) in [6, 6.07) is 15.3. The van der Waals surface area contributed by atoms with Crippen LogP contribution in [0.25, 0.3) is 10.9 Å². The number of pyridine rings is 1. The van der Waals surface area contributed by atoms with Gasteiger partial charge in [0.05, 0.1) is 28.9 Å². The molecule has 1 aromatic heterocycles. The Morgan fingerprint density at radius 1 is 1.07 bits per heavy atom. The summed E-state index contributed by atoms with van der Waals surface area (Å²) in [5.74, 6) is -0.425. The molecule has 0 saturated heterocycles. The number of aliphatic hydroxyl groups excluding tert-OH is 1. The Morgan fingerprint density at radius 2 is 1.78 bits per heavy atom. The van der Waals surface area contributed by atoms with Gasteiger partial charge in [0, 0.05) is 5.39 Å². The number of halogens is 4. The molecule has 3 aromatic rings. The van der Waals surface area contributed by atoms with E-state index in [0.717, 1.165) is 17.5 Å². The summed E-state index contributed by atoms with van der Waals surface area (Å²) in [6.45, 7) is -0.619. The molecule has 1 atom stereocenters. The molecule has 0 spiro atoms. The lowest BCUT2D eigenvalue weighted by Gasteiger charge is -2.25. The van der Waals surface area contributed by atoms with Crippen LogP contribution in [0.1, 0.15) is 11.3 Å². The summed E-state index contributed by atoms with van der Waals surface area (Å²) in [4.78, 5) is 4.42. The molecule has 1 unspecified atom stereocenters. The quantitative estimate of drug-likeness (QED) is 0.705. The Hall–Kier alpha value is -2.82. The fourth-order valence-corrected chi connectivity index (χ4v) is 2.99. The molecule has 1 N–H and O–H groups in total. The van der Waals surface area contributed by atoms with Gasteiger partial charge in [-0.05, 0) is 29.8 Å². The highest BCUT2D eigenvalue weighted by atomic mass is 35.5. The zero-order valence-corrected chi connectivity index (χ0v) is 14.4.